The number of rotatable bonds is 0. The van der Waals surface area contributed by atoms with Crippen molar-refractivity contribution in [3.8, 4) is 0 Å². The molecule has 2 rings (SSSR count). The summed E-state index contributed by atoms with van der Waals surface area (Å²) < 4.78 is 0. The van der Waals surface area contributed by atoms with Gasteiger partial charge in [0.2, 0.25) is 5.91 Å². The molecule has 1 aliphatic carbocycles. The van der Waals surface area contributed by atoms with Crippen LogP contribution in [0.1, 0.15) is 52.9 Å². The fraction of sp³-hybridized carbons (Fsp3) is 0.917. The third-order valence-corrected chi connectivity index (χ3v) is 3.78. The Morgan fingerprint density at radius 1 is 1.14 bits per heavy atom. The van der Waals surface area contributed by atoms with Crippen molar-refractivity contribution in [3.05, 3.63) is 0 Å². The monoisotopic (exact) mass is 195 g/mol. The summed E-state index contributed by atoms with van der Waals surface area (Å²) in [4.78, 5) is 14.2. The summed E-state index contributed by atoms with van der Waals surface area (Å²) in [5, 5.41) is 0. The lowest BCUT2D eigenvalue weighted by Gasteiger charge is -2.56. The maximum absolute atomic E-state index is 12.1. The zero-order valence-electron chi connectivity index (χ0n) is 9.60. The Bertz CT molecular complexity index is 246. The number of hydrogen-bond acceptors (Lipinski definition) is 1. The van der Waals surface area contributed by atoms with E-state index in [0.29, 0.717) is 5.91 Å². The minimum Gasteiger partial charge on any atom is -0.336 e. The number of carbonyl (C=O) groups excluding carboxylic acids is 1. The Balaban J connectivity index is 2.05. The quantitative estimate of drug-likeness (QED) is 0.544. The van der Waals surface area contributed by atoms with Gasteiger partial charge in [-0.25, -0.2) is 0 Å². The molecule has 14 heavy (non-hydrogen) atoms. The van der Waals surface area contributed by atoms with Gasteiger partial charge in [0.15, 0.2) is 0 Å². The molecule has 0 N–H and O–H groups in total. The van der Waals surface area contributed by atoms with Crippen LogP contribution in [0.15, 0.2) is 0 Å². The SMILES string of the molecule is CC(C)(C)N1CC2(CCCCC2)C1=O. The first-order valence-corrected chi connectivity index (χ1v) is 5.78. The summed E-state index contributed by atoms with van der Waals surface area (Å²) in [5.74, 6) is 0.421. The zero-order chi connectivity index (χ0) is 10.4. The van der Waals surface area contributed by atoms with Crippen molar-refractivity contribution in [2.45, 2.75) is 58.4 Å². The maximum Gasteiger partial charge on any atom is 0.231 e. The second kappa shape index (κ2) is 2.98. The van der Waals surface area contributed by atoms with E-state index in [-0.39, 0.29) is 11.0 Å². The Morgan fingerprint density at radius 3 is 2.14 bits per heavy atom. The van der Waals surface area contributed by atoms with Gasteiger partial charge in [0, 0.05) is 12.1 Å². The van der Waals surface area contributed by atoms with Gasteiger partial charge in [0.1, 0.15) is 0 Å². The minimum absolute atomic E-state index is 0.0276. The van der Waals surface area contributed by atoms with Gasteiger partial charge in [-0.2, -0.15) is 0 Å². The van der Waals surface area contributed by atoms with Crippen molar-refractivity contribution in [2.75, 3.05) is 6.54 Å². The van der Waals surface area contributed by atoms with E-state index in [2.05, 4.69) is 20.8 Å². The summed E-state index contributed by atoms with van der Waals surface area (Å²) in [7, 11) is 0. The predicted molar refractivity (Wildman–Crippen MR) is 57.0 cm³/mol. The van der Waals surface area contributed by atoms with Crippen LogP contribution in [0.4, 0.5) is 0 Å². The number of hydrogen-bond donors (Lipinski definition) is 0. The molecule has 0 radical (unpaired) electrons. The van der Waals surface area contributed by atoms with Gasteiger partial charge in [0.05, 0.1) is 5.41 Å². The molecule has 1 aliphatic heterocycles. The van der Waals surface area contributed by atoms with Gasteiger partial charge in [0.25, 0.3) is 0 Å². The van der Waals surface area contributed by atoms with Gasteiger partial charge < -0.3 is 4.90 Å². The highest BCUT2D eigenvalue weighted by molar-refractivity contribution is 5.89. The highest BCUT2D eigenvalue weighted by atomic mass is 16.2. The predicted octanol–water partition coefficient (Wildman–Crippen LogP) is 2.58. The van der Waals surface area contributed by atoms with Gasteiger partial charge in [-0.05, 0) is 33.6 Å². The van der Waals surface area contributed by atoms with Crippen LogP contribution in [0.5, 0.6) is 0 Å². The number of nitrogens with zero attached hydrogens (tertiary/aromatic N) is 1. The van der Waals surface area contributed by atoms with Crippen molar-refractivity contribution < 1.29 is 4.79 Å². The molecule has 1 saturated carbocycles. The average Bonchev–Trinajstić information content (AvgIpc) is 2.14. The molecule has 2 heteroatoms. The van der Waals surface area contributed by atoms with E-state index in [1.54, 1.807) is 0 Å². The summed E-state index contributed by atoms with van der Waals surface area (Å²) >= 11 is 0. The first-order valence-electron chi connectivity index (χ1n) is 5.78. The summed E-state index contributed by atoms with van der Waals surface area (Å²) in [6.07, 6.45) is 6.11. The van der Waals surface area contributed by atoms with Gasteiger partial charge in [-0.3, -0.25) is 4.79 Å². The van der Waals surface area contributed by atoms with E-state index >= 15 is 0 Å². The molecular weight excluding hydrogens is 174 g/mol. The zero-order valence-corrected chi connectivity index (χ0v) is 9.60. The van der Waals surface area contributed by atoms with Crippen LogP contribution in [0.3, 0.4) is 0 Å². The Hall–Kier alpha value is -0.530. The highest BCUT2D eigenvalue weighted by Crippen LogP contribution is 2.47. The molecule has 0 aromatic carbocycles. The Labute approximate surface area is 86.7 Å². The molecule has 0 unspecified atom stereocenters. The summed E-state index contributed by atoms with van der Waals surface area (Å²) in [6.45, 7) is 7.39. The Kier molecular flexibility index (Phi) is 2.13. The van der Waals surface area contributed by atoms with E-state index in [1.165, 1.54) is 19.3 Å². The van der Waals surface area contributed by atoms with Crippen LogP contribution in [0.25, 0.3) is 0 Å². The largest absolute Gasteiger partial charge is 0.336 e. The fourth-order valence-electron chi connectivity index (χ4n) is 2.78. The molecule has 0 atom stereocenters. The van der Waals surface area contributed by atoms with E-state index in [1.807, 2.05) is 4.90 Å². The molecule has 2 nitrogen and oxygen atoms in total. The number of β-lactam (4-membered cyclic amide) rings is 1. The van der Waals surface area contributed by atoms with E-state index in [0.717, 1.165) is 19.4 Å². The van der Waals surface area contributed by atoms with Crippen LogP contribution in [-0.2, 0) is 4.79 Å². The van der Waals surface area contributed by atoms with Crippen molar-refractivity contribution >= 4 is 5.91 Å². The molecule has 1 spiro atoms. The first kappa shape index (κ1) is 10.0. The van der Waals surface area contributed by atoms with Crippen molar-refractivity contribution in [3.63, 3.8) is 0 Å². The molecule has 0 aromatic heterocycles. The van der Waals surface area contributed by atoms with Crippen LogP contribution in [-0.4, -0.2) is 22.9 Å². The molecule has 2 fully saturated rings. The van der Waals surface area contributed by atoms with Gasteiger partial charge >= 0.3 is 0 Å². The lowest BCUT2D eigenvalue weighted by molar-refractivity contribution is -0.172. The van der Waals surface area contributed by atoms with Crippen LogP contribution >= 0.6 is 0 Å². The molecule has 2 aliphatic rings. The summed E-state index contributed by atoms with van der Waals surface area (Å²) in [6, 6.07) is 0. The van der Waals surface area contributed by atoms with E-state index in [4.69, 9.17) is 0 Å². The average molecular weight is 195 g/mol. The third kappa shape index (κ3) is 1.35. The molecule has 0 bridgehead atoms. The Morgan fingerprint density at radius 2 is 1.71 bits per heavy atom. The summed E-state index contributed by atoms with van der Waals surface area (Å²) in [5.41, 5.74) is 0.102. The normalized spacial score (nSPS) is 26.5. The number of carbonyl (C=O) groups is 1. The van der Waals surface area contributed by atoms with Crippen molar-refractivity contribution in [1.82, 2.24) is 4.90 Å². The topological polar surface area (TPSA) is 20.3 Å². The molecule has 1 amide bonds. The van der Waals surface area contributed by atoms with E-state index < -0.39 is 0 Å². The van der Waals surface area contributed by atoms with E-state index in [9.17, 15) is 4.79 Å². The fourth-order valence-corrected chi connectivity index (χ4v) is 2.78. The van der Waals surface area contributed by atoms with Gasteiger partial charge in [-0.15, -0.1) is 0 Å². The maximum atomic E-state index is 12.1. The number of likely N-dealkylation sites (tertiary alicyclic amines) is 1. The highest BCUT2D eigenvalue weighted by Gasteiger charge is 2.54. The first-order chi connectivity index (χ1) is 6.46. The molecule has 80 valence electrons. The molecule has 1 heterocycles. The van der Waals surface area contributed by atoms with Crippen molar-refractivity contribution in [1.29, 1.82) is 0 Å². The van der Waals surface area contributed by atoms with Crippen molar-refractivity contribution in [2.24, 2.45) is 5.41 Å². The van der Waals surface area contributed by atoms with Crippen LogP contribution in [0.2, 0.25) is 0 Å². The second-order valence-electron chi connectivity index (χ2n) is 5.90. The van der Waals surface area contributed by atoms with Crippen LogP contribution in [0, 0.1) is 5.41 Å². The molecule has 1 saturated heterocycles. The molecule has 0 aromatic rings. The molecular formula is C12H21NO. The lowest BCUT2D eigenvalue weighted by Crippen LogP contribution is -2.67. The van der Waals surface area contributed by atoms with Gasteiger partial charge in [-0.1, -0.05) is 19.3 Å². The second-order valence-corrected chi connectivity index (χ2v) is 5.90. The number of amides is 1. The standard InChI is InChI=1S/C12H21NO/c1-11(2,3)13-9-12(10(13)14)7-5-4-6-8-12/h4-9H2,1-3H3. The minimum atomic E-state index is 0.0276. The van der Waals surface area contributed by atoms with Crippen LogP contribution < -0.4 is 0 Å². The lowest BCUT2D eigenvalue weighted by atomic mass is 9.66. The third-order valence-electron chi connectivity index (χ3n) is 3.78. The smallest absolute Gasteiger partial charge is 0.231 e.